The zero-order valence-corrected chi connectivity index (χ0v) is 19.9. The van der Waals surface area contributed by atoms with Crippen LogP contribution in [0.1, 0.15) is 34.0 Å². The number of ether oxygens (including phenoxy) is 1. The van der Waals surface area contributed by atoms with E-state index in [9.17, 15) is 14.4 Å². The van der Waals surface area contributed by atoms with Crippen LogP contribution in [0, 0.1) is 18.8 Å². The van der Waals surface area contributed by atoms with Crippen LogP contribution in [-0.2, 0) is 16.9 Å². The maximum Gasteiger partial charge on any atom is 0.322 e. The van der Waals surface area contributed by atoms with E-state index >= 15 is 0 Å². The third-order valence-electron chi connectivity index (χ3n) is 6.41. The molecule has 0 aliphatic carbocycles. The Morgan fingerprint density at radius 1 is 1.08 bits per heavy atom. The second-order valence-corrected chi connectivity index (χ2v) is 8.80. The van der Waals surface area contributed by atoms with E-state index in [0.29, 0.717) is 23.4 Å². The summed E-state index contributed by atoms with van der Waals surface area (Å²) >= 11 is 0. The highest BCUT2D eigenvalue weighted by molar-refractivity contribution is 6.08. The number of nitrogens with zero attached hydrogens (tertiary/aromatic N) is 2. The molecular formula is C28H24N4O4. The molecule has 8 heteroatoms. The van der Waals surface area contributed by atoms with E-state index in [1.54, 1.807) is 42.3 Å². The van der Waals surface area contributed by atoms with Crippen molar-refractivity contribution in [3.63, 3.8) is 0 Å². The van der Waals surface area contributed by atoms with Crippen LogP contribution < -0.4 is 15.4 Å². The van der Waals surface area contributed by atoms with Crippen molar-refractivity contribution in [1.82, 2.24) is 20.5 Å². The maximum atomic E-state index is 13.3. The van der Waals surface area contributed by atoms with Crippen LogP contribution in [-0.4, -0.2) is 40.9 Å². The van der Waals surface area contributed by atoms with Crippen LogP contribution in [0.25, 0.3) is 11.3 Å². The number of rotatable bonds is 6. The largest absolute Gasteiger partial charge is 0.481 e. The summed E-state index contributed by atoms with van der Waals surface area (Å²) in [5, 5.41) is 5.11. The number of pyridine rings is 1. The SMILES string of the molecule is CC#CCOc1ccc2c(c1)C(=O)N(C[C@@]1(c3ccc(-c4cc(C)ccn4)cc3)NC(=O)NC1=O)C2. The van der Waals surface area contributed by atoms with Crippen molar-refractivity contribution in [2.45, 2.75) is 25.9 Å². The minimum absolute atomic E-state index is 0.0162. The monoisotopic (exact) mass is 480 g/mol. The number of urea groups is 1. The lowest BCUT2D eigenvalue weighted by molar-refractivity contribution is -0.124. The number of aryl methyl sites for hydroxylation is 1. The average Bonchev–Trinajstić information content (AvgIpc) is 3.34. The van der Waals surface area contributed by atoms with E-state index in [1.165, 1.54) is 0 Å². The topological polar surface area (TPSA) is 101 Å². The molecule has 0 radical (unpaired) electrons. The minimum Gasteiger partial charge on any atom is -0.481 e. The highest BCUT2D eigenvalue weighted by atomic mass is 16.5. The van der Waals surface area contributed by atoms with Crippen LogP contribution >= 0.6 is 0 Å². The van der Waals surface area contributed by atoms with Crippen molar-refractivity contribution in [3.8, 4) is 28.8 Å². The molecule has 1 fully saturated rings. The van der Waals surface area contributed by atoms with Gasteiger partial charge < -0.3 is 15.0 Å². The van der Waals surface area contributed by atoms with E-state index in [0.717, 1.165) is 22.4 Å². The molecule has 2 aliphatic heterocycles. The van der Waals surface area contributed by atoms with Gasteiger partial charge in [-0.15, -0.1) is 5.92 Å². The normalized spacial score (nSPS) is 18.3. The fourth-order valence-corrected chi connectivity index (χ4v) is 4.55. The molecule has 1 aromatic heterocycles. The Labute approximate surface area is 208 Å². The van der Waals surface area contributed by atoms with Gasteiger partial charge in [-0.1, -0.05) is 36.3 Å². The van der Waals surface area contributed by atoms with Crippen molar-refractivity contribution in [2.75, 3.05) is 13.2 Å². The number of hydrogen-bond donors (Lipinski definition) is 2. The molecule has 3 heterocycles. The van der Waals surface area contributed by atoms with Gasteiger partial charge in [-0.2, -0.15) is 0 Å². The molecule has 1 saturated heterocycles. The molecule has 36 heavy (non-hydrogen) atoms. The second-order valence-electron chi connectivity index (χ2n) is 8.80. The number of aromatic nitrogens is 1. The summed E-state index contributed by atoms with van der Waals surface area (Å²) in [5.41, 5.74) is 3.28. The molecule has 180 valence electrons. The molecule has 2 aliphatic rings. The molecule has 0 unspecified atom stereocenters. The lowest BCUT2D eigenvalue weighted by atomic mass is 9.88. The first-order valence-corrected chi connectivity index (χ1v) is 11.5. The Kier molecular flexibility index (Phi) is 5.90. The number of carbonyl (C=O) groups is 3. The summed E-state index contributed by atoms with van der Waals surface area (Å²) in [6, 6.07) is 15.9. The Morgan fingerprint density at radius 2 is 1.89 bits per heavy atom. The van der Waals surface area contributed by atoms with Gasteiger partial charge in [0.1, 0.15) is 12.4 Å². The zero-order valence-electron chi connectivity index (χ0n) is 19.9. The van der Waals surface area contributed by atoms with E-state index in [4.69, 9.17) is 4.74 Å². The van der Waals surface area contributed by atoms with E-state index in [2.05, 4.69) is 27.5 Å². The van der Waals surface area contributed by atoms with Gasteiger partial charge in [0, 0.05) is 23.9 Å². The number of amides is 4. The average molecular weight is 481 g/mol. The van der Waals surface area contributed by atoms with E-state index in [1.807, 2.05) is 37.3 Å². The molecule has 2 aromatic carbocycles. The van der Waals surface area contributed by atoms with Gasteiger partial charge >= 0.3 is 6.03 Å². The van der Waals surface area contributed by atoms with Crippen LogP contribution in [0.4, 0.5) is 4.79 Å². The fraction of sp³-hybridized carbons (Fsp3) is 0.214. The van der Waals surface area contributed by atoms with Crippen LogP contribution in [0.15, 0.2) is 60.8 Å². The molecule has 8 nitrogen and oxygen atoms in total. The molecule has 0 spiro atoms. The smallest absolute Gasteiger partial charge is 0.322 e. The summed E-state index contributed by atoms with van der Waals surface area (Å²) in [6.07, 6.45) is 1.75. The number of nitrogens with one attached hydrogen (secondary N) is 2. The maximum absolute atomic E-state index is 13.3. The first kappa shape index (κ1) is 23.1. The lowest BCUT2D eigenvalue weighted by Gasteiger charge is -2.31. The summed E-state index contributed by atoms with van der Waals surface area (Å²) in [4.78, 5) is 44.6. The van der Waals surface area contributed by atoms with Gasteiger partial charge in [-0.25, -0.2) is 4.79 Å². The Bertz CT molecular complexity index is 1440. The fourth-order valence-electron chi connectivity index (χ4n) is 4.55. The third-order valence-corrected chi connectivity index (χ3v) is 6.41. The van der Waals surface area contributed by atoms with Crippen molar-refractivity contribution < 1.29 is 19.1 Å². The predicted octanol–water partition coefficient (Wildman–Crippen LogP) is 3.15. The third kappa shape index (κ3) is 4.16. The van der Waals surface area contributed by atoms with Gasteiger partial charge in [-0.05, 0) is 54.8 Å². The van der Waals surface area contributed by atoms with Crippen LogP contribution in [0.2, 0.25) is 0 Å². The summed E-state index contributed by atoms with van der Waals surface area (Å²) < 4.78 is 5.59. The molecule has 1 atom stereocenters. The highest BCUT2D eigenvalue weighted by Crippen LogP contribution is 2.33. The quantitative estimate of drug-likeness (QED) is 0.417. The molecular weight excluding hydrogens is 456 g/mol. The van der Waals surface area contributed by atoms with Gasteiger partial charge in [0.25, 0.3) is 11.8 Å². The molecule has 4 amide bonds. The Hall–Kier alpha value is -4.64. The molecule has 0 bridgehead atoms. The Morgan fingerprint density at radius 3 is 2.58 bits per heavy atom. The molecule has 5 rings (SSSR count). The van der Waals surface area contributed by atoms with Crippen LogP contribution in [0.5, 0.6) is 5.75 Å². The first-order valence-electron chi connectivity index (χ1n) is 11.5. The number of benzene rings is 2. The molecule has 2 N–H and O–H groups in total. The minimum atomic E-state index is -1.41. The molecule has 3 aromatic rings. The van der Waals surface area contributed by atoms with Crippen molar-refractivity contribution >= 4 is 17.8 Å². The number of carbonyl (C=O) groups excluding carboxylic acids is 3. The predicted molar refractivity (Wildman–Crippen MR) is 133 cm³/mol. The standard InChI is InChI=1S/C28H24N4O4/c1-3-4-13-36-22-10-7-20-16-32(25(33)23(20)15-22)17-28(26(34)30-27(35)31-28)21-8-5-19(6-9-21)24-14-18(2)11-12-29-24/h5-12,14-15H,13,16-17H2,1-2H3,(H2,30,31,34,35)/t28-/m0/s1. The summed E-state index contributed by atoms with van der Waals surface area (Å²) in [7, 11) is 0. The van der Waals surface area contributed by atoms with Crippen molar-refractivity contribution in [1.29, 1.82) is 0 Å². The summed E-state index contributed by atoms with van der Waals surface area (Å²) in [5.74, 6) is 5.41. The number of imide groups is 1. The lowest BCUT2D eigenvalue weighted by Crippen LogP contribution is -2.52. The van der Waals surface area contributed by atoms with E-state index in [-0.39, 0.29) is 19.1 Å². The molecule has 0 saturated carbocycles. The van der Waals surface area contributed by atoms with Gasteiger partial charge in [0.15, 0.2) is 5.54 Å². The second kappa shape index (κ2) is 9.19. The van der Waals surface area contributed by atoms with Gasteiger partial charge in [0.2, 0.25) is 0 Å². The van der Waals surface area contributed by atoms with Crippen LogP contribution in [0.3, 0.4) is 0 Å². The van der Waals surface area contributed by atoms with Gasteiger partial charge in [0.05, 0.1) is 12.2 Å². The first-order chi connectivity index (χ1) is 17.4. The van der Waals surface area contributed by atoms with E-state index < -0.39 is 17.5 Å². The van der Waals surface area contributed by atoms with Crippen molar-refractivity contribution in [3.05, 3.63) is 83.0 Å². The summed E-state index contributed by atoms with van der Waals surface area (Å²) in [6.45, 7) is 4.26. The highest BCUT2D eigenvalue weighted by Gasteiger charge is 2.50. The number of fused-ring (bicyclic) bond motifs is 1. The number of hydrogen-bond acceptors (Lipinski definition) is 5. The Balaban J connectivity index is 1.43. The van der Waals surface area contributed by atoms with Gasteiger partial charge in [-0.3, -0.25) is 19.9 Å². The zero-order chi connectivity index (χ0) is 25.3. The van der Waals surface area contributed by atoms with Crippen molar-refractivity contribution in [2.24, 2.45) is 0 Å².